The quantitative estimate of drug-likeness (QED) is 0.590. The minimum atomic E-state index is -0.400. The standard InChI is InChI=1S/C24H25N5O4/c1-13-10-14-4-2-3-5-17(14)29-21(13)26-28(24(29)33)9-8-25-18(30)12-27-22(31)19-15-6-7-16(11-15)20(19)23(27)32/h2-5,10,15-16,19-20H,6-9,11-12H2,1H3,(H,25,30)/t15-,16-,19-,20+/m0/s1. The largest absolute Gasteiger partial charge is 0.353 e. The van der Waals surface area contributed by atoms with Gasteiger partial charge in [0.15, 0.2) is 5.65 Å². The fourth-order valence-electron chi connectivity index (χ4n) is 6.26. The zero-order chi connectivity index (χ0) is 22.9. The van der Waals surface area contributed by atoms with Crippen LogP contribution in [0.25, 0.3) is 16.6 Å². The Kier molecular flexibility index (Phi) is 4.43. The number of likely N-dealkylation sites (tertiary alicyclic amines) is 1. The molecule has 3 heterocycles. The smallest absolute Gasteiger partial charge is 0.350 e. The fourth-order valence-corrected chi connectivity index (χ4v) is 6.26. The Balaban J connectivity index is 1.13. The number of fused-ring (bicyclic) bond motifs is 8. The molecule has 0 unspecified atom stereocenters. The number of aryl methyl sites for hydroxylation is 1. The molecule has 3 fully saturated rings. The minimum Gasteiger partial charge on any atom is -0.353 e. The number of hydrogen-bond donors (Lipinski definition) is 1. The maximum atomic E-state index is 13.0. The minimum absolute atomic E-state index is 0.175. The highest BCUT2D eigenvalue weighted by Crippen LogP contribution is 2.56. The Labute approximate surface area is 189 Å². The summed E-state index contributed by atoms with van der Waals surface area (Å²) < 4.78 is 2.92. The molecule has 9 heteroatoms. The van der Waals surface area contributed by atoms with Crippen LogP contribution in [0.3, 0.4) is 0 Å². The molecular formula is C24H25N5O4. The highest BCUT2D eigenvalue weighted by molar-refractivity contribution is 6.08. The predicted octanol–water partition coefficient (Wildman–Crippen LogP) is 1.10. The zero-order valence-electron chi connectivity index (χ0n) is 18.4. The maximum absolute atomic E-state index is 13.0. The number of rotatable bonds is 5. The van der Waals surface area contributed by atoms with Gasteiger partial charge in [0.25, 0.3) is 0 Å². The van der Waals surface area contributed by atoms with Crippen molar-refractivity contribution in [3.05, 3.63) is 46.4 Å². The number of carbonyl (C=O) groups is 3. The van der Waals surface area contributed by atoms with E-state index in [1.165, 1.54) is 4.68 Å². The Morgan fingerprint density at radius 2 is 1.79 bits per heavy atom. The summed E-state index contributed by atoms with van der Waals surface area (Å²) >= 11 is 0. The van der Waals surface area contributed by atoms with Gasteiger partial charge in [-0.2, -0.15) is 0 Å². The lowest BCUT2D eigenvalue weighted by atomic mass is 9.81. The van der Waals surface area contributed by atoms with Gasteiger partial charge in [0.1, 0.15) is 6.54 Å². The average molecular weight is 447 g/mol. The van der Waals surface area contributed by atoms with Crippen molar-refractivity contribution in [1.29, 1.82) is 0 Å². The number of aromatic nitrogens is 3. The van der Waals surface area contributed by atoms with E-state index in [0.29, 0.717) is 17.5 Å². The van der Waals surface area contributed by atoms with Crippen LogP contribution in [-0.4, -0.2) is 49.9 Å². The number of hydrogen-bond acceptors (Lipinski definition) is 5. The summed E-state index contributed by atoms with van der Waals surface area (Å²) in [5.41, 5.74) is 1.98. The van der Waals surface area contributed by atoms with Crippen LogP contribution < -0.4 is 11.0 Å². The summed E-state index contributed by atoms with van der Waals surface area (Å²) in [5.74, 6) is -0.630. The molecule has 33 heavy (non-hydrogen) atoms. The van der Waals surface area contributed by atoms with Gasteiger partial charge in [-0.1, -0.05) is 18.2 Å². The van der Waals surface area contributed by atoms with Crippen LogP contribution in [-0.2, 0) is 20.9 Å². The van der Waals surface area contributed by atoms with E-state index < -0.39 is 5.91 Å². The molecule has 1 aromatic carbocycles. The predicted molar refractivity (Wildman–Crippen MR) is 119 cm³/mol. The van der Waals surface area contributed by atoms with E-state index in [1.54, 1.807) is 4.40 Å². The van der Waals surface area contributed by atoms with Gasteiger partial charge >= 0.3 is 5.69 Å². The van der Waals surface area contributed by atoms with E-state index in [-0.39, 0.29) is 49.0 Å². The molecular weight excluding hydrogens is 422 g/mol. The Morgan fingerprint density at radius 3 is 2.52 bits per heavy atom. The van der Waals surface area contributed by atoms with Crippen LogP contribution in [0.15, 0.2) is 35.1 Å². The van der Waals surface area contributed by atoms with Gasteiger partial charge in [-0.3, -0.25) is 19.3 Å². The van der Waals surface area contributed by atoms with Gasteiger partial charge in [-0.25, -0.2) is 13.9 Å². The van der Waals surface area contributed by atoms with Gasteiger partial charge in [0.05, 0.1) is 23.9 Å². The van der Waals surface area contributed by atoms with Crippen LogP contribution >= 0.6 is 0 Å². The van der Waals surface area contributed by atoms with Crippen molar-refractivity contribution < 1.29 is 14.4 Å². The van der Waals surface area contributed by atoms with Crippen LogP contribution in [0.2, 0.25) is 0 Å². The van der Waals surface area contributed by atoms with Crippen LogP contribution in [0.5, 0.6) is 0 Å². The van der Waals surface area contributed by atoms with Crippen molar-refractivity contribution in [2.45, 2.75) is 32.7 Å². The molecule has 3 aliphatic rings. The number of para-hydroxylation sites is 1. The van der Waals surface area contributed by atoms with Crippen LogP contribution in [0.1, 0.15) is 24.8 Å². The molecule has 4 atom stereocenters. The molecule has 0 radical (unpaired) electrons. The molecule has 3 amide bonds. The first-order chi connectivity index (χ1) is 15.9. The van der Waals surface area contributed by atoms with Crippen LogP contribution in [0.4, 0.5) is 0 Å². The van der Waals surface area contributed by atoms with Crippen molar-refractivity contribution in [2.24, 2.45) is 23.7 Å². The molecule has 0 spiro atoms. The first-order valence-corrected chi connectivity index (χ1v) is 11.5. The molecule has 3 aromatic rings. The topological polar surface area (TPSA) is 106 Å². The van der Waals surface area contributed by atoms with Crippen molar-refractivity contribution >= 4 is 34.3 Å². The SMILES string of the molecule is Cc1cc2ccccc2n2c(=O)n(CCNC(=O)CN3C(=O)[C@@H]4[C@H]5CC[C@@H](C5)[C@@H]4C3=O)nc12. The third-order valence-corrected chi connectivity index (χ3v) is 7.71. The molecule has 2 aliphatic carbocycles. The molecule has 1 saturated heterocycles. The maximum Gasteiger partial charge on any atom is 0.350 e. The lowest BCUT2D eigenvalue weighted by Gasteiger charge is -2.19. The molecule has 1 aliphatic heterocycles. The number of nitrogens with zero attached hydrogens (tertiary/aromatic N) is 4. The van der Waals surface area contributed by atoms with Gasteiger partial charge in [-0.15, -0.1) is 5.10 Å². The number of amides is 3. The first-order valence-electron chi connectivity index (χ1n) is 11.5. The van der Waals surface area contributed by atoms with E-state index in [9.17, 15) is 19.2 Å². The third kappa shape index (κ3) is 2.94. The lowest BCUT2D eigenvalue weighted by Crippen LogP contribution is -2.42. The summed E-state index contributed by atoms with van der Waals surface area (Å²) in [6.45, 7) is 2.02. The summed E-state index contributed by atoms with van der Waals surface area (Å²) in [5, 5.41) is 8.13. The third-order valence-electron chi connectivity index (χ3n) is 7.71. The first kappa shape index (κ1) is 20.1. The fraction of sp³-hybridized carbons (Fsp3) is 0.458. The number of pyridine rings is 1. The van der Waals surface area contributed by atoms with E-state index >= 15 is 0 Å². The van der Waals surface area contributed by atoms with E-state index in [2.05, 4.69) is 10.4 Å². The molecule has 2 bridgehead atoms. The monoisotopic (exact) mass is 447 g/mol. The molecule has 6 rings (SSSR count). The Bertz CT molecular complexity index is 1360. The number of nitrogens with one attached hydrogen (secondary N) is 1. The lowest BCUT2D eigenvalue weighted by molar-refractivity contribution is -0.144. The average Bonchev–Trinajstić information content (AvgIpc) is 3.55. The van der Waals surface area contributed by atoms with Gasteiger partial charge in [0.2, 0.25) is 17.7 Å². The highest BCUT2D eigenvalue weighted by Gasteiger charge is 2.60. The summed E-state index contributed by atoms with van der Waals surface area (Å²) in [6, 6.07) is 9.62. The summed E-state index contributed by atoms with van der Waals surface area (Å²) in [7, 11) is 0. The van der Waals surface area contributed by atoms with Crippen molar-refractivity contribution in [3.63, 3.8) is 0 Å². The van der Waals surface area contributed by atoms with Crippen LogP contribution in [0, 0.1) is 30.6 Å². The second-order valence-electron chi connectivity index (χ2n) is 9.55. The number of benzene rings is 1. The highest BCUT2D eigenvalue weighted by atomic mass is 16.2. The van der Waals surface area contributed by atoms with E-state index in [4.69, 9.17) is 0 Å². The number of carbonyl (C=O) groups excluding carboxylic acids is 3. The second kappa shape index (κ2) is 7.26. The zero-order valence-corrected chi connectivity index (χ0v) is 18.4. The van der Waals surface area contributed by atoms with E-state index in [1.807, 2.05) is 37.3 Å². The van der Waals surface area contributed by atoms with Gasteiger partial charge in [0, 0.05) is 6.54 Å². The summed E-state index contributed by atoms with van der Waals surface area (Å²) in [4.78, 5) is 52.1. The Morgan fingerprint density at radius 1 is 1.09 bits per heavy atom. The molecule has 9 nitrogen and oxygen atoms in total. The molecule has 2 aromatic heterocycles. The van der Waals surface area contributed by atoms with Crippen molar-refractivity contribution in [3.8, 4) is 0 Å². The normalized spacial score (nSPS) is 26.0. The summed E-state index contributed by atoms with van der Waals surface area (Å²) in [6.07, 6.45) is 2.98. The van der Waals surface area contributed by atoms with Gasteiger partial charge in [-0.05, 0) is 61.1 Å². The van der Waals surface area contributed by atoms with Crippen molar-refractivity contribution in [2.75, 3.05) is 13.1 Å². The Hall–Kier alpha value is -3.49. The van der Waals surface area contributed by atoms with Gasteiger partial charge < -0.3 is 5.32 Å². The van der Waals surface area contributed by atoms with Crippen molar-refractivity contribution in [1.82, 2.24) is 24.4 Å². The molecule has 2 saturated carbocycles. The molecule has 1 N–H and O–H groups in total. The van der Waals surface area contributed by atoms with E-state index in [0.717, 1.165) is 40.6 Å². The molecule has 170 valence electrons. The number of imide groups is 1. The second-order valence-corrected chi connectivity index (χ2v) is 9.55.